The number of aromatic amines is 1. The van der Waals surface area contributed by atoms with Crippen LogP contribution in [0.2, 0.25) is 0 Å². The second kappa shape index (κ2) is 33.9. The van der Waals surface area contributed by atoms with Gasteiger partial charge in [0, 0.05) is 112 Å². The standard InChI is InChI=1S/C64H88N12O12S/c1-41(2)71-53-31-48(30-50(51(53)33-65)60(80)69-36-52-42(3)29-43(4)72-61(52)81)47-13-14-55(67-35-47)75-19-17-74(18-20-75)16-15-66-56(78)38-87-27-25-85-23-21-84-22-24-86-26-28-88-39-57(79)73-59(64(6,7)8)63(83)76-37-49(77)32-54(76)62(82)68-34-45-9-11-46(12-10-45)58-44(5)70-40-89-58/h9-14,29-31,33,35,40-41,49,54,59,65,71,77H,15-28,32,34,36-39H2,1-8H3,(H,66,78)(H,68,82)(H,69,80)(H,72,81)(H,73,79)/t49-,54+,59-/m1/s1. The number of ether oxygens (including phenoxy) is 5. The molecule has 0 radical (unpaired) electrons. The number of pyridine rings is 2. The number of anilines is 2. The molecule has 89 heavy (non-hydrogen) atoms. The number of hydrogen-bond donors (Lipinski definition) is 8. The maximum Gasteiger partial charge on any atom is 0.253 e. The van der Waals surface area contributed by atoms with E-state index in [9.17, 15) is 33.9 Å². The van der Waals surface area contributed by atoms with Crippen molar-refractivity contribution in [3.63, 3.8) is 0 Å². The summed E-state index contributed by atoms with van der Waals surface area (Å²) < 4.78 is 27.7. The lowest BCUT2D eigenvalue weighted by molar-refractivity contribution is -0.144. The van der Waals surface area contributed by atoms with Crippen molar-refractivity contribution in [2.75, 3.05) is 122 Å². The molecule has 8 N–H and O–H groups in total. The van der Waals surface area contributed by atoms with Crippen molar-refractivity contribution in [2.45, 2.75) is 99.1 Å². The average Bonchev–Trinajstić information content (AvgIpc) is 3.10. The Morgan fingerprint density at radius 2 is 1.43 bits per heavy atom. The van der Waals surface area contributed by atoms with E-state index in [4.69, 9.17) is 34.1 Å². The fourth-order valence-electron chi connectivity index (χ4n) is 10.4. The molecule has 5 amide bonds. The van der Waals surface area contributed by atoms with Crippen LogP contribution in [0.5, 0.6) is 0 Å². The average molecular weight is 1250 g/mol. The number of aliphatic hydroxyl groups excluding tert-OH is 1. The number of likely N-dealkylation sites (tertiary alicyclic amines) is 1. The molecule has 0 spiro atoms. The molecule has 5 aromatic rings. The van der Waals surface area contributed by atoms with Gasteiger partial charge in [-0.1, -0.05) is 45.0 Å². The third-order valence-electron chi connectivity index (χ3n) is 15.1. The first kappa shape index (κ1) is 69.0. The molecule has 482 valence electrons. The quantitative estimate of drug-likeness (QED) is 0.0214. The van der Waals surface area contributed by atoms with Crippen molar-refractivity contribution in [1.82, 2.24) is 46.0 Å². The van der Waals surface area contributed by atoms with Crippen molar-refractivity contribution >= 4 is 58.6 Å². The second-order valence-electron chi connectivity index (χ2n) is 23.5. The van der Waals surface area contributed by atoms with Gasteiger partial charge in [0.25, 0.3) is 11.5 Å². The number of hydrogen-bond acceptors (Lipinski definition) is 19. The molecule has 7 rings (SSSR count). The number of rotatable bonds is 33. The summed E-state index contributed by atoms with van der Waals surface area (Å²) in [5.41, 5.74) is 8.69. The lowest BCUT2D eigenvalue weighted by Gasteiger charge is -2.35. The molecular weight excluding hydrogens is 1160 g/mol. The molecule has 5 heterocycles. The van der Waals surface area contributed by atoms with Crippen LogP contribution in [0, 0.1) is 31.6 Å². The SMILES string of the molecule is Cc1cc(C)c(CNC(=O)c2cc(-c3ccc(N4CCN(CCNC(=O)COCCOCCOCCOCCOCC(=O)N[C@H](C(=O)N5C[C@H](O)C[C@H]5C(=O)NCc5ccc(-c6scnc6C)cc5)C(C)(C)C)CC4)nc3)cc(NC(C)C)c2C=N)c(=O)[nH]1. The number of nitrogens with one attached hydrogen (secondary N) is 7. The molecule has 2 aromatic carbocycles. The number of carbonyl (C=O) groups excluding carboxylic acids is 5. The number of amides is 5. The Kier molecular flexibility index (Phi) is 26.3. The summed E-state index contributed by atoms with van der Waals surface area (Å²) in [6.07, 6.45) is 2.16. The van der Waals surface area contributed by atoms with Gasteiger partial charge in [-0.05, 0) is 92.6 Å². The molecule has 2 aliphatic rings. The number of nitrogens with zero attached hydrogens (tertiary/aromatic N) is 5. The largest absolute Gasteiger partial charge is 0.391 e. The number of aliphatic hydroxyl groups is 1. The van der Waals surface area contributed by atoms with Gasteiger partial charge in [0.1, 0.15) is 31.1 Å². The topological polar surface area (TPSA) is 304 Å². The molecule has 0 unspecified atom stereocenters. The zero-order valence-corrected chi connectivity index (χ0v) is 53.3. The fourth-order valence-corrected chi connectivity index (χ4v) is 11.2. The molecule has 2 fully saturated rings. The highest BCUT2D eigenvalue weighted by molar-refractivity contribution is 7.13. The summed E-state index contributed by atoms with van der Waals surface area (Å²) in [5.74, 6) is -1.12. The number of H-pyrrole nitrogens is 1. The Labute approximate surface area is 524 Å². The number of thiazole rings is 1. The predicted octanol–water partition coefficient (Wildman–Crippen LogP) is 4.36. The van der Waals surface area contributed by atoms with E-state index in [1.165, 1.54) is 11.1 Å². The van der Waals surface area contributed by atoms with Gasteiger partial charge in [-0.2, -0.15) is 0 Å². The van der Waals surface area contributed by atoms with Crippen LogP contribution in [0.25, 0.3) is 21.6 Å². The van der Waals surface area contributed by atoms with Crippen LogP contribution in [0.15, 0.2) is 71.1 Å². The minimum Gasteiger partial charge on any atom is -0.391 e. The molecule has 25 heteroatoms. The minimum atomic E-state index is -0.983. The van der Waals surface area contributed by atoms with Gasteiger partial charge in [-0.3, -0.25) is 33.7 Å². The second-order valence-corrected chi connectivity index (χ2v) is 24.4. The third kappa shape index (κ3) is 20.8. The van der Waals surface area contributed by atoms with E-state index < -0.39 is 41.3 Å². The van der Waals surface area contributed by atoms with Crippen LogP contribution >= 0.6 is 11.3 Å². The number of benzene rings is 2. The van der Waals surface area contributed by atoms with Gasteiger partial charge in [0.05, 0.1) is 80.6 Å². The van der Waals surface area contributed by atoms with Crippen molar-refractivity contribution in [3.05, 3.63) is 116 Å². The van der Waals surface area contributed by atoms with Gasteiger partial charge < -0.3 is 75.6 Å². The molecule has 3 aromatic heterocycles. The fraction of sp³-hybridized carbons (Fsp3) is 0.516. The summed E-state index contributed by atoms with van der Waals surface area (Å²) in [6, 6.07) is 15.5. The van der Waals surface area contributed by atoms with Gasteiger partial charge >= 0.3 is 0 Å². The summed E-state index contributed by atoms with van der Waals surface area (Å²) in [7, 11) is 0. The highest BCUT2D eigenvalue weighted by atomic mass is 32.1. The van der Waals surface area contributed by atoms with Gasteiger partial charge in [0.15, 0.2) is 0 Å². The Hall–Kier alpha value is -7.49. The van der Waals surface area contributed by atoms with Crippen LogP contribution in [-0.4, -0.2) is 202 Å². The zero-order chi connectivity index (χ0) is 64.0. The lowest BCUT2D eigenvalue weighted by Crippen LogP contribution is -2.58. The number of piperazine rings is 1. The summed E-state index contributed by atoms with van der Waals surface area (Å²) in [5, 5.41) is 33.7. The Morgan fingerprint density at radius 1 is 0.787 bits per heavy atom. The number of aryl methyl sites for hydroxylation is 3. The Morgan fingerprint density at radius 3 is 2.01 bits per heavy atom. The number of β-amino-alcohol motifs (C(OH)–C–C–N with tert-alkyl or cyclic N) is 1. The Balaban J connectivity index is 0.693. The molecule has 0 bridgehead atoms. The summed E-state index contributed by atoms with van der Waals surface area (Å²) in [6.45, 7) is 21.4. The van der Waals surface area contributed by atoms with E-state index in [1.807, 2.05) is 104 Å². The van der Waals surface area contributed by atoms with Crippen LogP contribution in [0.1, 0.15) is 85.0 Å². The van der Waals surface area contributed by atoms with Crippen LogP contribution in [0.3, 0.4) is 0 Å². The monoisotopic (exact) mass is 1250 g/mol. The molecular formula is C64H88N12O12S. The number of aromatic nitrogens is 3. The van der Waals surface area contributed by atoms with E-state index >= 15 is 0 Å². The van der Waals surface area contributed by atoms with Gasteiger partial charge in [-0.15, -0.1) is 11.3 Å². The molecule has 0 aliphatic carbocycles. The first-order chi connectivity index (χ1) is 42.7. The van der Waals surface area contributed by atoms with Gasteiger partial charge in [-0.25, -0.2) is 9.97 Å². The maximum absolute atomic E-state index is 14.0. The van der Waals surface area contributed by atoms with Crippen molar-refractivity contribution in [3.8, 4) is 21.6 Å². The molecule has 24 nitrogen and oxygen atoms in total. The van der Waals surface area contributed by atoms with E-state index in [-0.39, 0.29) is 82.5 Å². The van der Waals surface area contributed by atoms with E-state index in [0.717, 1.165) is 76.1 Å². The third-order valence-corrected chi connectivity index (χ3v) is 16.1. The summed E-state index contributed by atoms with van der Waals surface area (Å²) >= 11 is 1.56. The predicted molar refractivity (Wildman–Crippen MR) is 341 cm³/mol. The highest BCUT2D eigenvalue weighted by Gasteiger charge is 2.44. The zero-order valence-electron chi connectivity index (χ0n) is 52.5. The normalized spacial score (nSPS) is 15.7. The van der Waals surface area contributed by atoms with E-state index in [0.29, 0.717) is 68.5 Å². The van der Waals surface area contributed by atoms with Crippen molar-refractivity contribution < 1.29 is 52.8 Å². The van der Waals surface area contributed by atoms with Gasteiger partial charge in [0.2, 0.25) is 23.6 Å². The van der Waals surface area contributed by atoms with Crippen molar-refractivity contribution in [1.29, 1.82) is 5.41 Å². The smallest absolute Gasteiger partial charge is 0.253 e. The molecule has 3 atom stereocenters. The Bertz CT molecular complexity index is 3220. The number of carbonyl (C=O) groups is 5. The molecule has 2 aliphatic heterocycles. The van der Waals surface area contributed by atoms with Crippen LogP contribution < -0.4 is 37.0 Å². The molecule has 2 saturated heterocycles. The summed E-state index contributed by atoms with van der Waals surface area (Å²) in [4.78, 5) is 98.1. The maximum atomic E-state index is 14.0. The van der Waals surface area contributed by atoms with E-state index in [1.54, 1.807) is 29.1 Å². The molecule has 0 saturated carbocycles. The lowest BCUT2D eigenvalue weighted by atomic mass is 9.85. The van der Waals surface area contributed by atoms with Crippen molar-refractivity contribution in [2.24, 2.45) is 5.41 Å². The minimum absolute atomic E-state index is 0.0304. The van der Waals surface area contributed by atoms with E-state index in [2.05, 4.69) is 46.4 Å². The van der Waals surface area contributed by atoms with Crippen LogP contribution in [0.4, 0.5) is 11.5 Å². The first-order valence-corrected chi connectivity index (χ1v) is 31.1. The first-order valence-electron chi connectivity index (χ1n) is 30.3. The van der Waals surface area contributed by atoms with Crippen LogP contribution in [-0.2, 0) is 56.0 Å². The highest BCUT2D eigenvalue weighted by Crippen LogP contribution is 2.31.